The third kappa shape index (κ3) is 6.18. The Balaban J connectivity index is 1.61. The fourth-order valence-electron chi connectivity index (χ4n) is 6.05. The number of hydrogen-bond donors (Lipinski definition) is 4. The summed E-state index contributed by atoms with van der Waals surface area (Å²) in [6, 6.07) is 2.52. The van der Waals surface area contributed by atoms with E-state index in [1.54, 1.807) is 29.6 Å². The highest BCUT2D eigenvalue weighted by molar-refractivity contribution is 5.96. The smallest absolute Gasteiger partial charge is 0.471 e. The maximum atomic E-state index is 13.7. The molecule has 14 heteroatoms. The molecule has 234 valence electrons. The quantitative estimate of drug-likeness (QED) is 0.356. The Labute approximate surface area is 245 Å². The number of alkyl halides is 3. The van der Waals surface area contributed by atoms with Gasteiger partial charge in [-0.05, 0) is 46.9 Å². The molecule has 0 radical (unpaired) electrons. The number of benzene rings is 1. The number of nitrogens with two attached hydrogens (primary N) is 1. The molecule has 1 aromatic heterocycles. The highest BCUT2D eigenvalue weighted by Crippen LogP contribution is 2.65. The van der Waals surface area contributed by atoms with Crippen molar-refractivity contribution >= 4 is 34.5 Å². The fourth-order valence-corrected chi connectivity index (χ4v) is 6.05. The molecule has 2 heterocycles. The summed E-state index contributed by atoms with van der Waals surface area (Å²) in [6.07, 6.45) is -5.47. The van der Waals surface area contributed by atoms with Gasteiger partial charge in [0, 0.05) is 29.4 Å². The number of rotatable bonds is 8. The molecule has 4 rings (SSSR count). The van der Waals surface area contributed by atoms with E-state index in [0.29, 0.717) is 16.7 Å². The number of amides is 4. The molecule has 1 saturated heterocycles. The minimum absolute atomic E-state index is 0.0798. The number of primary amides is 1. The number of carbonyl (C=O) groups excluding carboxylic acids is 4. The third-order valence-electron chi connectivity index (χ3n) is 8.62. The predicted molar refractivity (Wildman–Crippen MR) is 150 cm³/mol. The van der Waals surface area contributed by atoms with Crippen molar-refractivity contribution < 1.29 is 37.1 Å². The number of nitrogens with zero attached hydrogens (tertiary/aromatic N) is 1. The van der Waals surface area contributed by atoms with Crippen LogP contribution in [0.15, 0.2) is 29.1 Å². The van der Waals surface area contributed by atoms with Crippen molar-refractivity contribution in [3.8, 4) is 5.75 Å². The number of aromatic nitrogens is 1. The van der Waals surface area contributed by atoms with Gasteiger partial charge in [-0.15, -0.1) is 0 Å². The van der Waals surface area contributed by atoms with Gasteiger partial charge in [-0.1, -0.05) is 34.6 Å². The standard InChI is InChI=1S/C29H36F3N5O6/c1-27(2,3)21(36-26(42)29(30,31)32)25(41)37-12-16-19(28(16,4)5)20(37)24(40)35-18(22(33)38)11-14-9-13-10-15(43-6)7-8-17(13)34-23(14)39/h7-10,16,18-21H,11-12H2,1-6H3,(H2,33,38)(H,34,39)(H,35,40)(H,36,42)/t16-,18?,19+,20-,21+/m0/s1. The Hall–Kier alpha value is -4.10. The van der Waals surface area contributed by atoms with Crippen molar-refractivity contribution in [1.82, 2.24) is 20.5 Å². The van der Waals surface area contributed by atoms with E-state index in [2.05, 4.69) is 10.3 Å². The monoisotopic (exact) mass is 607 g/mol. The van der Waals surface area contributed by atoms with Crippen LogP contribution in [0, 0.1) is 22.7 Å². The highest BCUT2D eigenvalue weighted by Gasteiger charge is 2.70. The minimum atomic E-state index is -5.21. The van der Waals surface area contributed by atoms with Crippen molar-refractivity contribution in [2.75, 3.05) is 13.7 Å². The second kappa shape index (κ2) is 10.9. The molecule has 11 nitrogen and oxygen atoms in total. The van der Waals surface area contributed by atoms with Crippen LogP contribution in [-0.2, 0) is 25.6 Å². The van der Waals surface area contributed by atoms with E-state index in [1.165, 1.54) is 32.8 Å². The van der Waals surface area contributed by atoms with Gasteiger partial charge in [-0.2, -0.15) is 13.2 Å². The van der Waals surface area contributed by atoms with Crippen LogP contribution in [0.2, 0.25) is 0 Å². The van der Waals surface area contributed by atoms with Crippen LogP contribution in [0.5, 0.6) is 5.75 Å². The summed E-state index contributed by atoms with van der Waals surface area (Å²) in [5.41, 5.74) is 4.33. The molecular weight excluding hydrogens is 571 g/mol. The lowest BCUT2D eigenvalue weighted by molar-refractivity contribution is -0.176. The SMILES string of the molecule is COc1ccc2[nH]c(=O)c(CC(NC(=O)[C@@H]3[C@H]4[C@H](CN3C(=O)[C@@H](NC(=O)C(F)(F)F)C(C)(C)C)C4(C)C)C(N)=O)cc2c1. The third-order valence-corrected chi connectivity index (χ3v) is 8.62. The average molecular weight is 608 g/mol. The van der Waals surface area contributed by atoms with Crippen LogP contribution in [0.1, 0.15) is 40.2 Å². The number of aromatic amines is 1. The molecule has 4 amide bonds. The molecule has 2 aliphatic rings. The van der Waals surface area contributed by atoms with Crippen molar-refractivity contribution in [2.24, 2.45) is 28.4 Å². The Morgan fingerprint density at radius 2 is 1.79 bits per heavy atom. The van der Waals surface area contributed by atoms with Crippen LogP contribution in [0.25, 0.3) is 10.9 Å². The van der Waals surface area contributed by atoms with Gasteiger partial charge in [0.2, 0.25) is 17.7 Å². The van der Waals surface area contributed by atoms with Crippen LogP contribution in [-0.4, -0.2) is 71.5 Å². The lowest BCUT2D eigenvalue weighted by Gasteiger charge is -2.38. The summed E-state index contributed by atoms with van der Waals surface area (Å²) < 4.78 is 44.5. The largest absolute Gasteiger partial charge is 0.497 e. The highest BCUT2D eigenvalue weighted by atomic mass is 19.4. The molecule has 1 unspecified atom stereocenters. The van der Waals surface area contributed by atoms with Gasteiger partial charge in [0.1, 0.15) is 23.9 Å². The van der Waals surface area contributed by atoms with Gasteiger partial charge in [-0.25, -0.2) is 0 Å². The van der Waals surface area contributed by atoms with Gasteiger partial charge < -0.3 is 31.0 Å². The topological polar surface area (TPSA) is 164 Å². The number of H-pyrrole nitrogens is 1. The lowest BCUT2D eigenvalue weighted by atomic mass is 9.85. The number of hydrogen-bond acceptors (Lipinski definition) is 6. The second-order valence-corrected chi connectivity index (χ2v) is 12.9. The first-order chi connectivity index (χ1) is 19.8. The zero-order chi connectivity index (χ0) is 32.2. The number of carbonyl (C=O) groups is 4. The summed E-state index contributed by atoms with van der Waals surface area (Å²) in [4.78, 5) is 68.4. The summed E-state index contributed by atoms with van der Waals surface area (Å²) in [6.45, 7) is 8.40. The molecule has 2 fully saturated rings. The summed E-state index contributed by atoms with van der Waals surface area (Å²) in [5.74, 6) is -4.70. The first-order valence-electron chi connectivity index (χ1n) is 13.7. The number of methoxy groups -OCH3 is 1. The summed E-state index contributed by atoms with van der Waals surface area (Å²) >= 11 is 0. The van der Waals surface area contributed by atoms with Crippen molar-refractivity contribution in [3.63, 3.8) is 0 Å². The molecule has 43 heavy (non-hydrogen) atoms. The Morgan fingerprint density at radius 1 is 1.14 bits per heavy atom. The first kappa shape index (κ1) is 31.8. The van der Waals surface area contributed by atoms with Crippen LogP contribution in [0.4, 0.5) is 13.2 Å². The minimum Gasteiger partial charge on any atom is -0.497 e. The normalized spacial score (nSPS) is 22.3. The van der Waals surface area contributed by atoms with E-state index < -0.39 is 58.9 Å². The lowest BCUT2D eigenvalue weighted by Crippen LogP contribution is -2.61. The van der Waals surface area contributed by atoms with Gasteiger partial charge in [-0.3, -0.25) is 24.0 Å². The van der Waals surface area contributed by atoms with E-state index >= 15 is 0 Å². The van der Waals surface area contributed by atoms with Crippen molar-refractivity contribution in [1.29, 1.82) is 0 Å². The molecular formula is C29H36F3N5O6. The van der Waals surface area contributed by atoms with Crippen LogP contribution >= 0.6 is 0 Å². The Morgan fingerprint density at radius 3 is 2.35 bits per heavy atom. The fraction of sp³-hybridized carbons (Fsp3) is 0.552. The molecule has 5 N–H and O–H groups in total. The number of pyridine rings is 1. The summed E-state index contributed by atoms with van der Waals surface area (Å²) in [7, 11) is 1.49. The number of halogens is 3. The maximum Gasteiger partial charge on any atom is 0.471 e. The zero-order valence-electron chi connectivity index (χ0n) is 24.7. The average Bonchev–Trinajstić information content (AvgIpc) is 3.21. The van der Waals surface area contributed by atoms with Crippen LogP contribution in [0.3, 0.4) is 0 Å². The van der Waals surface area contributed by atoms with Gasteiger partial charge in [0.05, 0.1) is 7.11 Å². The Bertz CT molecular complexity index is 1530. The molecule has 0 spiro atoms. The van der Waals surface area contributed by atoms with Gasteiger partial charge >= 0.3 is 12.1 Å². The molecule has 2 aromatic rings. The molecule has 5 atom stereocenters. The molecule has 1 aromatic carbocycles. The molecule has 1 saturated carbocycles. The molecule has 0 bridgehead atoms. The zero-order valence-corrected chi connectivity index (χ0v) is 24.7. The van der Waals surface area contributed by atoms with Gasteiger partial charge in [0.25, 0.3) is 5.56 Å². The van der Waals surface area contributed by atoms with E-state index in [4.69, 9.17) is 10.5 Å². The number of ether oxygens (including phenoxy) is 1. The van der Waals surface area contributed by atoms with Crippen LogP contribution < -0.4 is 26.7 Å². The number of fused-ring (bicyclic) bond motifs is 2. The first-order valence-corrected chi connectivity index (χ1v) is 13.7. The van der Waals surface area contributed by atoms with Gasteiger partial charge in [0.15, 0.2) is 0 Å². The maximum absolute atomic E-state index is 13.7. The van der Waals surface area contributed by atoms with E-state index in [-0.39, 0.29) is 35.8 Å². The van der Waals surface area contributed by atoms with Crippen molar-refractivity contribution in [3.05, 3.63) is 40.2 Å². The number of piperidine rings is 1. The Kier molecular flexibility index (Phi) is 8.05. The van der Waals surface area contributed by atoms with E-state index in [0.717, 1.165) is 0 Å². The molecule has 1 aliphatic heterocycles. The number of nitrogens with one attached hydrogen (secondary N) is 3. The summed E-state index contributed by atoms with van der Waals surface area (Å²) in [5, 5.41) is 4.99. The second-order valence-electron chi connectivity index (χ2n) is 12.9. The number of likely N-dealkylation sites (tertiary alicyclic amines) is 1. The molecule has 1 aliphatic carbocycles. The van der Waals surface area contributed by atoms with Crippen molar-refractivity contribution in [2.45, 2.75) is 65.3 Å². The van der Waals surface area contributed by atoms with E-state index in [1.807, 2.05) is 13.8 Å². The van der Waals surface area contributed by atoms with E-state index in [9.17, 15) is 37.1 Å². The predicted octanol–water partition coefficient (Wildman–Crippen LogP) is 1.63.